The minimum Gasteiger partial charge on any atom is -0.384 e. The van der Waals surface area contributed by atoms with Crippen LogP contribution < -0.4 is 0 Å². The fraction of sp³-hybridized carbons (Fsp3) is 0.909. The van der Waals surface area contributed by atoms with Crippen LogP contribution in [0.15, 0.2) is 0 Å². The van der Waals surface area contributed by atoms with E-state index in [0.717, 1.165) is 38.4 Å². The average Bonchev–Trinajstić information content (AvgIpc) is 2.71. The molecule has 74 valence electrons. The van der Waals surface area contributed by atoms with Crippen LogP contribution in [0.4, 0.5) is 0 Å². The molecule has 2 rings (SSSR count). The summed E-state index contributed by atoms with van der Waals surface area (Å²) in [6, 6.07) is 0. The summed E-state index contributed by atoms with van der Waals surface area (Å²) >= 11 is 0. The van der Waals surface area contributed by atoms with Crippen LogP contribution in [0.2, 0.25) is 0 Å². The summed E-state index contributed by atoms with van der Waals surface area (Å²) in [5.74, 6) is 0. The first-order valence-electron chi connectivity index (χ1n) is 6.47. The average molecular weight is 185 g/mol. The molecule has 0 heterocycles. The van der Waals surface area contributed by atoms with Gasteiger partial charge in [-0.05, 0) is 42.9 Å². The number of ether oxygens (including phenoxy) is 1. The van der Waals surface area contributed by atoms with Crippen molar-refractivity contribution in [3.05, 3.63) is 0 Å². The second-order valence-electron chi connectivity index (χ2n) is 4.84. The Kier molecular flexibility index (Phi) is 1.47. The number of hydrogen-bond acceptors (Lipinski definition) is 2. The molecule has 2 fully saturated rings. The summed E-state index contributed by atoms with van der Waals surface area (Å²) < 4.78 is 26.1. The Morgan fingerprint density at radius 1 is 1.38 bits per heavy atom. The molecule has 2 heteroatoms. The van der Waals surface area contributed by atoms with Crippen LogP contribution in [0.1, 0.15) is 42.6 Å². The Hall–Kier alpha value is -0.370. The molecule has 0 aromatic rings. The number of fused-ring (bicyclic) bond motifs is 2. The molecule has 0 N–H and O–H groups in total. The smallest absolute Gasteiger partial charge is 0.120 e. The van der Waals surface area contributed by atoms with Crippen molar-refractivity contribution in [2.75, 3.05) is 13.6 Å². The van der Waals surface area contributed by atoms with Gasteiger partial charge in [-0.25, -0.2) is 0 Å². The first-order valence-corrected chi connectivity index (χ1v) is 4.97. The van der Waals surface area contributed by atoms with Gasteiger partial charge >= 0.3 is 0 Å². The molecule has 0 unspecified atom stereocenters. The van der Waals surface area contributed by atoms with E-state index < -0.39 is 7.04 Å². The van der Waals surface area contributed by atoms with Crippen LogP contribution in [0.3, 0.4) is 0 Å². The van der Waals surface area contributed by atoms with Gasteiger partial charge in [0.25, 0.3) is 0 Å². The fourth-order valence-electron chi connectivity index (χ4n) is 3.26. The molecule has 0 radical (unpaired) electrons. The first-order chi connectivity index (χ1) is 7.39. The Balaban J connectivity index is 1.95. The lowest BCUT2D eigenvalue weighted by atomic mass is 9.81. The second kappa shape index (κ2) is 3.09. The summed E-state index contributed by atoms with van der Waals surface area (Å²) in [6.07, 6.45) is 6.73. The molecule has 2 nitrogen and oxygen atoms in total. The zero-order chi connectivity index (χ0) is 11.9. The van der Waals surface area contributed by atoms with Crippen LogP contribution >= 0.6 is 0 Å². The summed E-state index contributed by atoms with van der Waals surface area (Å²) in [6.45, 7) is 0.324. The van der Waals surface area contributed by atoms with Crippen molar-refractivity contribution in [3.8, 4) is 0 Å². The lowest BCUT2D eigenvalue weighted by molar-refractivity contribution is -0.109. The Labute approximate surface area is 83.9 Å². The maximum atomic E-state index is 10.6. The van der Waals surface area contributed by atoms with Crippen LogP contribution in [0.25, 0.3) is 0 Å². The number of carbonyl (C=O) groups excluding carboxylic acids is 1. The molecule has 0 aliphatic heterocycles. The number of aldehydes is 1. The Morgan fingerprint density at radius 3 is 2.69 bits per heavy atom. The number of methoxy groups -OCH3 is 1. The van der Waals surface area contributed by atoms with Gasteiger partial charge in [0.15, 0.2) is 0 Å². The number of hydrogen-bond donors (Lipinski definition) is 0. The quantitative estimate of drug-likeness (QED) is 0.627. The predicted molar refractivity (Wildman–Crippen MR) is 50.5 cm³/mol. The van der Waals surface area contributed by atoms with Crippen molar-refractivity contribution in [1.82, 2.24) is 0 Å². The van der Waals surface area contributed by atoms with Crippen molar-refractivity contribution in [2.45, 2.75) is 38.5 Å². The monoisotopic (exact) mass is 185 g/mol. The third-order valence-electron chi connectivity index (χ3n) is 4.02. The molecular formula is C11H18O2. The zero-order valence-corrected chi connectivity index (χ0v) is 7.84. The zero-order valence-electron chi connectivity index (χ0n) is 10.8. The summed E-state index contributed by atoms with van der Waals surface area (Å²) in [5, 5.41) is 0. The van der Waals surface area contributed by atoms with E-state index in [1.807, 2.05) is 0 Å². The molecular weight excluding hydrogens is 164 g/mol. The van der Waals surface area contributed by atoms with Crippen LogP contribution in [0, 0.1) is 10.8 Å². The summed E-state index contributed by atoms with van der Waals surface area (Å²) in [4.78, 5) is 10.6. The SMILES string of the molecule is [2H]C([2H])([2H])OCC12CCC(CC=O)(CC1)C2. The molecule has 13 heavy (non-hydrogen) atoms. The van der Waals surface area contributed by atoms with Gasteiger partial charge in [-0.1, -0.05) is 0 Å². The van der Waals surface area contributed by atoms with Gasteiger partial charge in [0.1, 0.15) is 6.29 Å². The topological polar surface area (TPSA) is 26.3 Å². The molecule has 0 aromatic carbocycles. The summed E-state index contributed by atoms with van der Waals surface area (Å²) in [7, 11) is -2.28. The largest absolute Gasteiger partial charge is 0.384 e. The van der Waals surface area contributed by atoms with Crippen LogP contribution in [-0.4, -0.2) is 19.9 Å². The van der Waals surface area contributed by atoms with E-state index in [1.165, 1.54) is 0 Å². The Morgan fingerprint density at radius 2 is 2.08 bits per heavy atom. The molecule has 2 aliphatic rings. The minimum atomic E-state index is -2.28. The standard InChI is InChI=1S/C11H18O2/c1-13-9-11-4-2-10(8-11,3-5-11)6-7-12/h7H,2-6,8-9H2,1H3/i1D3. The lowest BCUT2D eigenvalue weighted by Crippen LogP contribution is -2.20. The van der Waals surface area contributed by atoms with Crippen molar-refractivity contribution < 1.29 is 13.6 Å². The van der Waals surface area contributed by atoms with Gasteiger partial charge in [-0.3, -0.25) is 0 Å². The highest BCUT2D eigenvalue weighted by Crippen LogP contribution is 2.62. The first kappa shape index (κ1) is 6.18. The lowest BCUT2D eigenvalue weighted by Gasteiger charge is -2.26. The van der Waals surface area contributed by atoms with E-state index in [2.05, 4.69) is 0 Å². The molecule has 2 aliphatic carbocycles. The van der Waals surface area contributed by atoms with Gasteiger partial charge in [0.2, 0.25) is 0 Å². The molecule has 0 saturated heterocycles. The molecule has 2 saturated carbocycles. The van der Waals surface area contributed by atoms with Gasteiger partial charge in [0.05, 0.1) is 10.7 Å². The number of rotatable bonds is 4. The minimum absolute atomic E-state index is 0.0391. The predicted octanol–water partition coefficient (Wildman–Crippen LogP) is 2.17. The number of carbonyl (C=O) groups is 1. The highest BCUT2D eigenvalue weighted by Gasteiger charge is 2.53. The maximum Gasteiger partial charge on any atom is 0.120 e. The van der Waals surface area contributed by atoms with E-state index >= 15 is 0 Å². The van der Waals surface area contributed by atoms with E-state index in [0.29, 0.717) is 13.0 Å². The third-order valence-corrected chi connectivity index (χ3v) is 4.02. The molecule has 0 spiro atoms. The van der Waals surface area contributed by atoms with Gasteiger partial charge in [0, 0.05) is 13.5 Å². The molecule has 0 atom stereocenters. The maximum absolute atomic E-state index is 10.6. The van der Waals surface area contributed by atoms with E-state index in [1.54, 1.807) is 0 Å². The normalized spacial score (nSPS) is 46.9. The molecule has 2 bridgehead atoms. The van der Waals surface area contributed by atoms with Crippen molar-refractivity contribution in [2.24, 2.45) is 10.8 Å². The molecule has 0 amide bonds. The van der Waals surface area contributed by atoms with E-state index in [4.69, 9.17) is 8.85 Å². The molecule has 0 aromatic heterocycles. The van der Waals surface area contributed by atoms with E-state index in [-0.39, 0.29) is 10.8 Å². The van der Waals surface area contributed by atoms with Gasteiger partial charge in [-0.2, -0.15) is 0 Å². The van der Waals surface area contributed by atoms with Crippen LogP contribution in [0.5, 0.6) is 0 Å². The Bertz CT molecular complexity index is 277. The fourth-order valence-corrected chi connectivity index (χ4v) is 3.26. The third kappa shape index (κ3) is 1.41. The van der Waals surface area contributed by atoms with Crippen molar-refractivity contribution in [1.29, 1.82) is 0 Å². The van der Waals surface area contributed by atoms with Crippen molar-refractivity contribution in [3.63, 3.8) is 0 Å². The van der Waals surface area contributed by atoms with Gasteiger partial charge < -0.3 is 9.53 Å². The van der Waals surface area contributed by atoms with Crippen LogP contribution in [-0.2, 0) is 9.53 Å². The van der Waals surface area contributed by atoms with E-state index in [9.17, 15) is 4.79 Å². The highest BCUT2D eigenvalue weighted by molar-refractivity contribution is 5.51. The van der Waals surface area contributed by atoms with Gasteiger partial charge in [-0.15, -0.1) is 0 Å². The second-order valence-corrected chi connectivity index (χ2v) is 4.84. The highest BCUT2D eigenvalue weighted by atomic mass is 16.5. The summed E-state index contributed by atoms with van der Waals surface area (Å²) in [5.41, 5.74) is 0.206. The van der Waals surface area contributed by atoms with Crippen molar-refractivity contribution >= 4 is 6.29 Å².